The third-order valence-corrected chi connectivity index (χ3v) is 6.00. The lowest BCUT2D eigenvalue weighted by Gasteiger charge is -2.28. The van der Waals surface area contributed by atoms with Crippen molar-refractivity contribution in [3.8, 4) is 5.75 Å². The zero-order valence-electron chi connectivity index (χ0n) is 19.5. The number of benzene rings is 2. The Labute approximate surface area is 214 Å². The normalized spacial score (nSPS) is 15.2. The number of rotatable bonds is 6. The van der Waals surface area contributed by atoms with Crippen molar-refractivity contribution in [2.45, 2.75) is 32.3 Å². The highest BCUT2D eigenvalue weighted by Gasteiger charge is 2.52. The highest BCUT2D eigenvalue weighted by molar-refractivity contribution is 6.30. The maximum absolute atomic E-state index is 13.3. The smallest absolute Gasteiger partial charge is 0.406 e. The summed E-state index contributed by atoms with van der Waals surface area (Å²) < 4.78 is 41.3. The summed E-state index contributed by atoms with van der Waals surface area (Å²) in [4.78, 5) is 45.5. The van der Waals surface area contributed by atoms with E-state index in [1.165, 1.54) is 29.4 Å². The van der Waals surface area contributed by atoms with Gasteiger partial charge in [-0.05, 0) is 74.0 Å². The number of pyridine rings is 1. The summed E-state index contributed by atoms with van der Waals surface area (Å²) in [6.07, 6.45) is -1.96. The number of nitrogens with zero attached hydrogens (tertiary/aromatic N) is 3. The standard InChI is InChI=1S/C25H20ClF3N4O4/c1-24(2)22(35)33(18-7-9-19(10-8-18)37-25(27,28)29)23(36)32(24)14-16-11-12-30-13-20(16)31-21(34)15-3-5-17(26)6-4-15/h3-13H,14H2,1-2H3,(H,31,34). The molecule has 0 radical (unpaired) electrons. The molecule has 0 spiro atoms. The Morgan fingerprint density at radius 3 is 2.32 bits per heavy atom. The molecule has 0 saturated carbocycles. The summed E-state index contributed by atoms with van der Waals surface area (Å²) in [6, 6.07) is 11.6. The predicted octanol–water partition coefficient (Wildman–Crippen LogP) is 5.63. The van der Waals surface area contributed by atoms with Gasteiger partial charge >= 0.3 is 12.4 Å². The number of carbonyl (C=O) groups excluding carboxylic acids is 3. The minimum absolute atomic E-state index is 0.0535. The molecule has 1 fully saturated rings. The Hall–Kier alpha value is -4.12. The fraction of sp³-hybridized carbons (Fsp3) is 0.200. The minimum Gasteiger partial charge on any atom is -0.406 e. The summed E-state index contributed by atoms with van der Waals surface area (Å²) in [5, 5.41) is 3.23. The molecule has 2 heterocycles. The number of halogens is 4. The molecular formula is C25H20ClF3N4O4. The maximum Gasteiger partial charge on any atom is 0.573 e. The summed E-state index contributed by atoms with van der Waals surface area (Å²) in [6.45, 7) is 3.06. The SMILES string of the molecule is CC1(C)C(=O)N(c2ccc(OC(F)(F)F)cc2)C(=O)N1Cc1ccncc1NC(=O)c1ccc(Cl)cc1. The van der Waals surface area contributed by atoms with Crippen molar-refractivity contribution in [1.82, 2.24) is 9.88 Å². The van der Waals surface area contributed by atoms with Gasteiger partial charge in [0.15, 0.2) is 0 Å². The molecule has 8 nitrogen and oxygen atoms in total. The number of aromatic nitrogens is 1. The van der Waals surface area contributed by atoms with Gasteiger partial charge in [0.1, 0.15) is 11.3 Å². The molecule has 0 aliphatic carbocycles. The fourth-order valence-corrected chi connectivity index (χ4v) is 3.89. The van der Waals surface area contributed by atoms with Gasteiger partial charge in [-0.25, -0.2) is 9.69 Å². The quantitative estimate of drug-likeness (QED) is 0.415. The van der Waals surface area contributed by atoms with Gasteiger partial charge in [-0.1, -0.05) is 11.6 Å². The van der Waals surface area contributed by atoms with Gasteiger partial charge in [0.25, 0.3) is 11.8 Å². The van der Waals surface area contributed by atoms with Crippen LogP contribution in [-0.4, -0.2) is 39.6 Å². The lowest BCUT2D eigenvalue weighted by Crippen LogP contribution is -2.43. The molecule has 1 N–H and O–H groups in total. The van der Waals surface area contributed by atoms with Gasteiger partial charge in [-0.2, -0.15) is 0 Å². The second-order valence-electron chi connectivity index (χ2n) is 8.60. The van der Waals surface area contributed by atoms with E-state index < -0.39 is 35.5 Å². The predicted molar refractivity (Wildman–Crippen MR) is 129 cm³/mol. The van der Waals surface area contributed by atoms with Gasteiger partial charge in [0, 0.05) is 16.8 Å². The molecule has 192 valence electrons. The van der Waals surface area contributed by atoms with Crippen LogP contribution in [0.4, 0.5) is 29.3 Å². The average molecular weight is 533 g/mol. The highest BCUT2D eigenvalue weighted by atomic mass is 35.5. The monoisotopic (exact) mass is 532 g/mol. The van der Waals surface area contributed by atoms with Crippen LogP contribution in [0.1, 0.15) is 29.8 Å². The average Bonchev–Trinajstić information content (AvgIpc) is 2.99. The highest BCUT2D eigenvalue weighted by Crippen LogP contribution is 2.35. The van der Waals surface area contributed by atoms with Crippen molar-refractivity contribution < 1.29 is 32.3 Å². The van der Waals surface area contributed by atoms with Crippen molar-refractivity contribution in [2.75, 3.05) is 10.2 Å². The van der Waals surface area contributed by atoms with E-state index in [4.69, 9.17) is 11.6 Å². The first-order valence-electron chi connectivity index (χ1n) is 10.9. The van der Waals surface area contributed by atoms with Crippen molar-refractivity contribution in [1.29, 1.82) is 0 Å². The largest absolute Gasteiger partial charge is 0.573 e. The number of imide groups is 1. The van der Waals surface area contributed by atoms with E-state index in [1.54, 1.807) is 44.2 Å². The van der Waals surface area contributed by atoms with Gasteiger partial charge in [0.05, 0.1) is 24.1 Å². The van der Waals surface area contributed by atoms with Crippen LogP contribution in [0.5, 0.6) is 5.75 Å². The summed E-state index contributed by atoms with van der Waals surface area (Å²) in [7, 11) is 0. The fourth-order valence-electron chi connectivity index (χ4n) is 3.77. The second kappa shape index (κ2) is 9.74. The van der Waals surface area contributed by atoms with Gasteiger partial charge in [-0.3, -0.25) is 14.6 Å². The first-order chi connectivity index (χ1) is 17.4. The maximum atomic E-state index is 13.3. The number of ether oxygens (including phenoxy) is 1. The Kier molecular flexibility index (Phi) is 6.83. The lowest BCUT2D eigenvalue weighted by molar-refractivity contribution is -0.274. The Morgan fingerprint density at radius 2 is 1.70 bits per heavy atom. The topological polar surface area (TPSA) is 91.8 Å². The van der Waals surface area contributed by atoms with E-state index in [0.717, 1.165) is 17.0 Å². The minimum atomic E-state index is -4.87. The van der Waals surface area contributed by atoms with E-state index in [0.29, 0.717) is 21.8 Å². The Morgan fingerprint density at radius 1 is 1.05 bits per heavy atom. The van der Waals surface area contributed by atoms with Crippen LogP contribution in [-0.2, 0) is 11.3 Å². The van der Waals surface area contributed by atoms with E-state index in [9.17, 15) is 27.6 Å². The molecule has 1 aromatic heterocycles. The number of urea groups is 1. The van der Waals surface area contributed by atoms with Gasteiger partial charge in [0.2, 0.25) is 0 Å². The van der Waals surface area contributed by atoms with Crippen molar-refractivity contribution in [3.63, 3.8) is 0 Å². The van der Waals surface area contributed by atoms with Crippen molar-refractivity contribution in [3.05, 3.63) is 83.1 Å². The van der Waals surface area contributed by atoms with Crippen LogP contribution in [0.2, 0.25) is 5.02 Å². The number of carbonyl (C=O) groups is 3. The third kappa shape index (κ3) is 5.51. The zero-order valence-corrected chi connectivity index (χ0v) is 20.3. The zero-order chi connectivity index (χ0) is 27.0. The molecular weight excluding hydrogens is 513 g/mol. The number of hydrogen-bond donors (Lipinski definition) is 1. The van der Waals surface area contributed by atoms with Crippen LogP contribution in [0, 0.1) is 0 Å². The molecule has 4 amide bonds. The second-order valence-corrected chi connectivity index (χ2v) is 9.04. The van der Waals surface area contributed by atoms with E-state index in [-0.39, 0.29) is 12.2 Å². The van der Waals surface area contributed by atoms with Crippen LogP contribution >= 0.6 is 11.6 Å². The summed E-state index contributed by atoms with van der Waals surface area (Å²) in [5.41, 5.74) is 0.00830. The van der Waals surface area contributed by atoms with E-state index in [1.807, 2.05) is 0 Å². The van der Waals surface area contributed by atoms with Gasteiger partial charge in [-0.15, -0.1) is 13.2 Å². The van der Waals surface area contributed by atoms with Crippen molar-refractivity contribution >= 4 is 40.8 Å². The molecule has 4 rings (SSSR count). The molecule has 0 unspecified atom stereocenters. The van der Waals surface area contributed by atoms with Crippen LogP contribution in [0.3, 0.4) is 0 Å². The molecule has 1 aliphatic heterocycles. The number of nitrogens with one attached hydrogen (secondary N) is 1. The molecule has 12 heteroatoms. The number of alkyl halides is 3. The lowest BCUT2D eigenvalue weighted by atomic mass is 10.0. The molecule has 37 heavy (non-hydrogen) atoms. The molecule has 1 aliphatic rings. The Bertz CT molecular complexity index is 1350. The van der Waals surface area contributed by atoms with Crippen LogP contribution in [0.15, 0.2) is 67.0 Å². The van der Waals surface area contributed by atoms with Crippen LogP contribution < -0.4 is 15.0 Å². The Balaban J connectivity index is 1.56. The number of hydrogen-bond acceptors (Lipinski definition) is 5. The molecule has 1 saturated heterocycles. The number of anilines is 2. The van der Waals surface area contributed by atoms with Crippen LogP contribution in [0.25, 0.3) is 0 Å². The van der Waals surface area contributed by atoms with Gasteiger partial charge < -0.3 is 15.0 Å². The van der Waals surface area contributed by atoms with E-state index in [2.05, 4.69) is 15.0 Å². The third-order valence-electron chi connectivity index (χ3n) is 5.75. The first kappa shape index (κ1) is 26.0. The van der Waals surface area contributed by atoms with E-state index >= 15 is 0 Å². The summed E-state index contributed by atoms with van der Waals surface area (Å²) >= 11 is 5.88. The first-order valence-corrected chi connectivity index (χ1v) is 11.3. The molecule has 2 aromatic carbocycles. The molecule has 0 atom stereocenters. The molecule has 3 aromatic rings. The van der Waals surface area contributed by atoms with Crippen molar-refractivity contribution in [2.24, 2.45) is 0 Å². The summed E-state index contributed by atoms with van der Waals surface area (Å²) in [5.74, 6) is -1.47. The number of amides is 4. The molecule has 0 bridgehead atoms.